The van der Waals surface area contributed by atoms with Crippen molar-refractivity contribution in [3.05, 3.63) is 35.9 Å². The first-order valence-corrected chi connectivity index (χ1v) is 7.67. The first-order valence-electron chi connectivity index (χ1n) is 7.67. The van der Waals surface area contributed by atoms with Crippen LogP contribution in [-0.4, -0.2) is 12.1 Å². The van der Waals surface area contributed by atoms with Crippen LogP contribution >= 0.6 is 0 Å². The Labute approximate surface area is 111 Å². The molecule has 2 aliphatic carbocycles. The molecule has 0 saturated heterocycles. The SMILES string of the molecule is CCC1CCC(NC2CC2c2ccccc2)CC1. The topological polar surface area (TPSA) is 12.0 Å². The summed E-state index contributed by atoms with van der Waals surface area (Å²) in [4.78, 5) is 0. The normalized spacial score (nSPS) is 35.4. The molecule has 0 spiro atoms. The van der Waals surface area contributed by atoms with Crippen LogP contribution in [0.1, 0.15) is 56.9 Å². The van der Waals surface area contributed by atoms with E-state index in [0.29, 0.717) is 0 Å². The van der Waals surface area contributed by atoms with Gasteiger partial charge in [0.2, 0.25) is 0 Å². The molecule has 0 amide bonds. The van der Waals surface area contributed by atoms with Gasteiger partial charge >= 0.3 is 0 Å². The Balaban J connectivity index is 1.46. The van der Waals surface area contributed by atoms with E-state index in [1.54, 1.807) is 0 Å². The summed E-state index contributed by atoms with van der Waals surface area (Å²) in [7, 11) is 0. The van der Waals surface area contributed by atoms with Crippen molar-refractivity contribution in [1.82, 2.24) is 5.32 Å². The van der Waals surface area contributed by atoms with E-state index in [2.05, 4.69) is 42.6 Å². The summed E-state index contributed by atoms with van der Waals surface area (Å²) in [5.41, 5.74) is 1.53. The highest BCUT2D eigenvalue weighted by Gasteiger charge is 2.39. The first kappa shape index (κ1) is 12.2. The number of hydrogen-bond donors (Lipinski definition) is 1. The molecule has 1 aromatic rings. The molecule has 1 N–H and O–H groups in total. The molecule has 1 nitrogen and oxygen atoms in total. The van der Waals surface area contributed by atoms with Crippen LogP contribution in [0, 0.1) is 5.92 Å². The average Bonchev–Trinajstić information content (AvgIpc) is 3.20. The van der Waals surface area contributed by atoms with Crippen LogP contribution in [0.25, 0.3) is 0 Å². The zero-order valence-corrected chi connectivity index (χ0v) is 11.4. The summed E-state index contributed by atoms with van der Waals surface area (Å²) in [6, 6.07) is 12.6. The highest BCUT2D eigenvalue weighted by Crippen LogP contribution is 2.41. The van der Waals surface area contributed by atoms with Gasteiger partial charge in [0.25, 0.3) is 0 Å². The van der Waals surface area contributed by atoms with Crippen LogP contribution in [-0.2, 0) is 0 Å². The van der Waals surface area contributed by atoms with E-state index < -0.39 is 0 Å². The highest BCUT2D eigenvalue weighted by atomic mass is 15.0. The van der Waals surface area contributed by atoms with Crippen molar-refractivity contribution < 1.29 is 0 Å². The minimum Gasteiger partial charge on any atom is -0.311 e. The molecule has 1 aromatic carbocycles. The van der Waals surface area contributed by atoms with Crippen LogP contribution in [0.3, 0.4) is 0 Å². The highest BCUT2D eigenvalue weighted by molar-refractivity contribution is 5.27. The number of hydrogen-bond acceptors (Lipinski definition) is 1. The minimum absolute atomic E-state index is 0.760. The maximum Gasteiger partial charge on any atom is 0.0145 e. The molecule has 0 heterocycles. The second-order valence-corrected chi connectivity index (χ2v) is 6.15. The standard InChI is InChI=1S/C17H25N/c1-2-13-8-10-15(11-9-13)18-17-12-16(17)14-6-4-3-5-7-14/h3-7,13,15-18H,2,8-12H2,1H3. The predicted octanol–water partition coefficient (Wildman–Crippen LogP) is 4.10. The van der Waals surface area contributed by atoms with E-state index in [1.807, 2.05) is 0 Å². The Morgan fingerprint density at radius 3 is 2.44 bits per heavy atom. The molecule has 0 radical (unpaired) electrons. The van der Waals surface area contributed by atoms with Gasteiger partial charge in [0.1, 0.15) is 0 Å². The van der Waals surface area contributed by atoms with Gasteiger partial charge in [0.15, 0.2) is 0 Å². The fourth-order valence-corrected chi connectivity index (χ4v) is 3.49. The monoisotopic (exact) mass is 243 g/mol. The van der Waals surface area contributed by atoms with Gasteiger partial charge in [0.05, 0.1) is 0 Å². The lowest BCUT2D eigenvalue weighted by Crippen LogP contribution is -2.35. The van der Waals surface area contributed by atoms with Crippen LogP contribution < -0.4 is 5.32 Å². The van der Waals surface area contributed by atoms with Gasteiger partial charge in [-0.15, -0.1) is 0 Å². The molecular weight excluding hydrogens is 218 g/mol. The number of benzene rings is 1. The molecule has 2 atom stereocenters. The quantitative estimate of drug-likeness (QED) is 0.839. The van der Waals surface area contributed by atoms with Crippen molar-refractivity contribution in [2.24, 2.45) is 5.92 Å². The molecular formula is C17H25N. The van der Waals surface area contributed by atoms with Crippen LogP contribution in [0.2, 0.25) is 0 Å². The van der Waals surface area contributed by atoms with Gasteiger partial charge in [-0.2, -0.15) is 0 Å². The number of nitrogens with one attached hydrogen (secondary N) is 1. The molecule has 0 bridgehead atoms. The molecule has 1 heteroatoms. The summed E-state index contributed by atoms with van der Waals surface area (Å²) < 4.78 is 0. The van der Waals surface area contributed by atoms with Crippen molar-refractivity contribution in [3.8, 4) is 0 Å². The van der Waals surface area contributed by atoms with Crippen LogP contribution in [0.5, 0.6) is 0 Å². The Bertz CT molecular complexity index is 364. The van der Waals surface area contributed by atoms with Gasteiger partial charge in [-0.1, -0.05) is 43.7 Å². The molecule has 2 fully saturated rings. The maximum atomic E-state index is 3.89. The fraction of sp³-hybridized carbons (Fsp3) is 0.647. The van der Waals surface area contributed by atoms with Gasteiger partial charge in [-0.05, 0) is 43.6 Å². The van der Waals surface area contributed by atoms with Crippen molar-refractivity contribution in [3.63, 3.8) is 0 Å². The Morgan fingerprint density at radius 1 is 1.06 bits per heavy atom. The fourth-order valence-electron chi connectivity index (χ4n) is 3.49. The summed E-state index contributed by atoms with van der Waals surface area (Å²) in [6.07, 6.45) is 8.40. The second-order valence-electron chi connectivity index (χ2n) is 6.15. The molecule has 2 unspecified atom stereocenters. The lowest BCUT2D eigenvalue weighted by Gasteiger charge is -2.28. The summed E-state index contributed by atoms with van der Waals surface area (Å²) in [5, 5.41) is 3.89. The summed E-state index contributed by atoms with van der Waals surface area (Å²) >= 11 is 0. The van der Waals surface area contributed by atoms with E-state index in [1.165, 1.54) is 44.1 Å². The molecule has 98 valence electrons. The third-order valence-corrected chi connectivity index (χ3v) is 4.89. The van der Waals surface area contributed by atoms with Gasteiger partial charge in [0, 0.05) is 18.0 Å². The van der Waals surface area contributed by atoms with Crippen LogP contribution in [0.4, 0.5) is 0 Å². The van der Waals surface area contributed by atoms with E-state index in [9.17, 15) is 0 Å². The van der Waals surface area contributed by atoms with Gasteiger partial charge in [-0.25, -0.2) is 0 Å². The van der Waals surface area contributed by atoms with Gasteiger partial charge < -0.3 is 5.32 Å². The number of rotatable bonds is 4. The van der Waals surface area contributed by atoms with E-state index >= 15 is 0 Å². The van der Waals surface area contributed by atoms with Crippen molar-refractivity contribution in [2.75, 3.05) is 0 Å². The molecule has 2 aliphatic rings. The molecule has 3 rings (SSSR count). The Morgan fingerprint density at radius 2 is 1.78 bits per heavy atom. The molecule has 18 heavy (non-hydrogen) atoms. The molecule has 0 aliphatic heterocycles. The third-order valence-electron chi connectivity index (χ3n) is 4.89. The average molecular weight is 243 g/mol. The largest absolute Gasteiger partial charge is 0.311 e. The smallest absolute Gasteiger partial charge is 0.0145 e. The summed E-state index contributed by atoms with van der Waals surface area (Å²) in [5.74, 6) is 1.79. The lowest BCUT2D eigenvalue weighted by atomic mass is 9.84. The maximum absolute atomic E-state index is 3.89. The van der Waals surface area contributed by atoms with Crippen molar-refractivity contribution in [1.29, 1.82) is 0 Å². The molecule has 2 saturated carbocycles. The molecule has 0 aromatic heterocycles. The zero-order chi connectivity index (χ0) is 12.4. The lowest BCUT2D eigenvalue weighted by molar-refractivity contribution is 0.284. The van der Waals surface area contributed by atoms with E-state index in [-0.39, 0.29) is 0 Å². The van der Waals surface area contributed by atoms with E-state index in [4.69, 9.17) is 0 Å². The summed E-state index contributed by atoms with van der Waals surface area (Å²) in [6.45, 7) is 2.34. The van der Waals surface area contributed by atoms with E-state index in [0.717, 1.165) is 23.9 Å². The Hall–Kier alpha value is -0.820. The van der Waals surface area contributed by atoms with Crippen molar-refractivity contribution >= 4 is 0 Å². The van der Waals surface area contributed by atoms with Gasteiger partial charge in [-0.3, -0.25) is 0 Å². The predicted molar refractivity (Wildman–Crippen MR) is 76.8 cm³/mol. The second kappa shape index (κ2) is 5.44. The minimum atomic E-state index is 0.760. The zero-order valence-electron chi connectivity index (χ0n) is 11.4. The Kier molecular flexibility index (Phi) is 3.69. The van der Waals surface area contributed by atoms with Crippen LogP contribution in [0.15, 0.2) is 30.3 Å². The third kappa shape index (κ3) is 2.77. The first-order chi connectivity index (χ1) is 8.86. The van der Waals surface area contributed by atoms with Crippen molar-refractivity contribution in [2.45, 2.75) is 63.5 Å².